The minimum absolute atomic E-state index is 0.107. The first-order chi connectivity index (χ1) is 8.58. The highest BCUT2D eigenvalue weighted by Gasteiger charge is 2.23. The van der Waals surface area contributed by atoms with Crippen LogP contribution in [0.4, 0.5) is 5.69 Å². The standard InChI is InChI=1S/C11H10N4O3/c12-8-3-4-14-10(8)13-9-2-1-6(15(17)18)5-7(9)11(14)16/h1-2,5,8H,3-4,12H2/t8-/m0/s1. The SMILES string of the molecule is N[C@H]1CCn2c1nc1ccc([N+](=O)[O-])cc1c2=O. The number of non-ortho nitro benzene ring substituents is 1. The molecule has 0 radical (unpaired) electrons. The van der Waals surface area contributed by atoms with Crippen molar-refractivity contribution in [2.45, 2.75) is 19.0 Å². The number of benzene rings is 1. The molecule has 0 unspecified atom stereocenters. The van der Waals surface area contributed by atoms with Gasteiger partial charge in [0.1, 0.15) is 5.82 Å². The summed E-state index contributed by atoms with van der Waals surface area (Å²) < 4.78 is 1.50. The van der Waals surface area contributed by atoms with Crippen molar-refractivity contribution in [3.8, 4) is 0 Å². The van der Waals surface area contributed by atoms with Crippen molar-refractivity contribution in [2.75, 3.05) is 0 Å². The molecule has 1 aliphatic rings. The Hall–Kier alpha value is -2.28. The summed E-state index contributed by atoms with van der Waals surface area (Å²) in [6.45, 7) is 0.515. The van der Waals surface area contributed by atoms with Crippen LogP contribution < -0.4 is 11.3 Å². The molecule has 0 saturated carbocycles. The predicted molar refractivity (Wildman–Crippen MR) is 64.2 cm³/mol. The molecular formula is C11H10N4O3. The molecular weight excluding hydrogens is 236 g/mol. The lowest BCUT2D eigenvalue weighted by atomic mass is 10.2. The third-order valence-electron chi connectivity index (χ3n) is 3.17. The summed E-state index contributed by atoms with van der Waals surface area (Å²) >= 11 is 0. The number of nitro benzene ring substituents is 1. The van der Waals surface area contributed by atoms with Crippen molar-refractivity contribution in [1.82, 2.24) is 9.55 Å². The molecule has 7 nitrogen and oxygen atoms in total. The predicted octanol–water partition coefficient (Wildman–Crippen LogP) is 0.708. The number of nitrogens with two attached hydrogens (primary N) is 1. The van der Waals surface area contributed by atoms with Crippen molar-refractivity contribution >= 4 is 16.6 Å². The summed E-state index contributed by atoms with van der Waals surface area (Å²) in [6.07, 6.45) is 0.667. The summed E-state index contributed by atoms with van der Waals surface area (Å²) in [6, 6.07) is 3.85. The lowest BCUT2D eigenvalue weighted by Gasteiger charge is -2.06. The lowest BCUT2D eigenvalue weighted by molar-refractivity contribution is -0.384. The zero-order valence-corrected chi connectivity index (χ0v) is 9.37. The average molecular weight is 246 g/mol. The fourth-order valence-corrected chi connectivity index (χ4v) is 2.24. The summed E-state index contributed by atoms with van der Waals surface area (Å²) in [7, 11) is 0. The number of hydrogen-bond donors (Lipinski definition) is 1. The van der Waals surface area contributed by atoms with Crippen LogP contribution in [0.15, 0.2) is 23.0 Å². The maximum Gasteiger partial charge on any atom is 0.270 e. The van der Waals surface area contributed by atoms with Gasteiger partial charge in [-0.1, -0.05) is 0 Å². The Morgan fingerprint density at radius 2 is 2.28 bits per heavy atom. The van der Waals surface area contributed by atoms with Gasteiger partial charge < -0.3 is 5.73 Å². The zero-order chi connectivity index (χ0) is 12.9. The van der Waals surface area contributed by atoms with Gasteiger partial charge in [-0.2, -0.15) is 0 Å². The van der Waals surface area contributed by atoms with Crippen molar-refractivity contribution in [3.05, 3.63) is 44.5 Å². The summed E-state index contributed by atoms with van der Waals surface area (Å²) in [5, 5.41) is 11.0. The fraction of sp³-hybridized carbons (Fsp3) is 0.273. The maximum atomic E-state index is 12.2. The van der Waals surface area contributed by atoms with Gasteiger partial charge in [0.15, 0.2) is 0 Å². The Balaban J connectivity index is 2.36. The van der Waals surface area contributed by atoms with Crippen LogP contribution in [0.5, 0.6) is 0 Å². The van der Waals surface area contributed by atoms with E-state index < -0.39 is 4.92 Å². The molecule has 18 heavy (non-hydrogen) atoms. The van der Waals surface area contributed by atoms with Gasteiger partial charge in [-0.3, -0.25) is 19.5 Å². The second kappa shape index (κ2) is 3.61. The third-order valence-corrected chi connectivity index (χ3v) is 3.17. The molecule has 0 aliphatic carbocycles. The minimum atomic E-state index is -0.525. The molecule has 1 aromatic heterocycles. The van der Waals surface area contributed by atoms with E-state index in [1.54, 1.807) is 0 Å². The quantitative estimate of drug-likeness (QED) is 0.589. The first-order valence-electron chi connectivity index (χ1n) is 5.52. The van der Waals surface area contributed by atoms with E-state index in [1.165, 1.54) is 22.8 Å². The Labute approximate surface area is 101 Å². The van der Waals surface area contributed by atoms with Gasteiger partial charge in [0, 0.05) is 18.7 Å². The summed E-state index contributed by atoms with van der Waals surface area (Å²) in [4.78, 5) is 26.7. The number of rotatable bonds is 1. The first-order valence-corrected chi connectivity index (χ1v) is 5.52. The van der Waals surface area contributed by atoms with Gasteiger partial charge in [-0.15, -0.1) is 0 Å². The Morgan fingerprint density at radius 1 is 1.50 bits per heavy atom. The first kappa shape index (κ1) is 10.8. The van der Waals surface area contributed by atoms with E-state index in [-0.39, 0.29) is 22.7 Å². The van der Waals surface area contributed by atoms with Crippen LogP contribution in [0.3, 0.4) is 0 Å². The lowest BCUT2D eigenvalue weighted by Crippen LogP contribution is -2.22. The van der Waals surface area contributed by atoms with Crippen LogP contribution in [0.2, 0.25) is 0 Å². The topological polar surface area (TPSA) is 104 Å². The molecule has 0 saturated heterocycles. The van der Waals surface area contributed by atoms with Crippen LogP contribution in [0.25, 0.3) is 10.9 Å². The van der Waals surface area contributed by atoms with Crippen molar-refractivity contribution in [2.24, 2.45) is 5.73 Å². The molecule has 0 bridgehead atoms. The number of hydrogen-bond acceptors (Lipinski definition) is 5. The van der Waals surface area contributed by atoms with E-state index in [1.807, 2.05) is 0 Å². The largest absolute Gasteiger partial charge is 0.321 e. The Bertz CT molecular complexity index is 722. The Kier molecular flexibility index (Phi) is 2.17. The van der Waals surface area contributed by atoms with E-state index >= 15 is 0 Å². The van der Waals surface area contributed by atoms with Crippen LogP contribution >= 0.6 is 0 Å². The molecule has 3 rings (SSSR count). The monoisotopic (exact) mass is 246 g/mol. The van der Waals surface area contributed by atoms with Crippen LogP contribution in [0.1, 0.15) is 18.3 Å². The second-order valence-corrected chi connectivity index (χ2v) is 4.28. The molecule has 2 N–H and O–H groups in total. The molecule has 0 amide bonds. The van der Waals surface area contributed by atoms with Crippen LogP contribution in [0, 0.1) is 10.1 Å². The fourth-order valence-electron chi connectivity index (χ4n) is 2.24. The maximum absolute atomic E-state index is 12.2. The van der Waals surface area contributed by atoms with Gasteiger partial charge in [-0.25, -0.2) is 4.98 Å². The molecule has 2 heterocycles. The minimum Gasteiger partial charge on any atom is -0.321 e. The summed E-state index contributed by atoms with van der Waals surface area (Å²) in [5.74, 6) is 0.557. The Morgan fingerprint density at radius 3 is 3.00 bits per heavy atom. The number of fused-ring (bicyclic) bond motifs is 2. The average Bonchev–Trinajstić information content (AvgIpc) is 2.71. The van der Waals surface area contributed by atoms with E-state index in [9.17, 15) is 14.9 Å². The molecule has 92 valence electrons. The van der Waals surface area contributed by atoms with Gasteiger partial charge in [-0.05, 0) is 12.5 Å². The number of aromatic nitrogens is 2. The number of nitrogens with zero attached hydrogens (tertiary/aromatic N) is 3. The van der Waals surface area contributed by atoms with Crippen molar-refractivity contribution in [3.63, 3.8) is 0 Å². The van der Waals surface area contributed by atoms with Crippen LogP contribution in [-0.4, -0.2) is 14.5 Å². The number of nitro groups is 1. The van der Waals surface area contributed by atoms with E-state index in [0.717, 1.165) is 0 Å². The van der Waals surface area contributed by atoms with Crippen molar-refractivity contribution in [1.29, 1.82) is 0 Å². The molecule has 0 spiro atoms. The molecule has 1 atom stereocenters. The molecule has 1 aromatic carbocycles. The van der Waals surface area contributed by atoms with Gasteiger partial charge in [0.2, 0.25) is 0 Å². The zero-order valence-electron chi connectivity index (χ0n) is 9.37. The molecule has 7 heteroatoms. The molecule has 2 aromatic rings. The molecule has 1 aliphatic heterocycles. The second-order valence-electron chi connectivity index (χ2n) is 4.28. The van der Waals surface area contributed by atoms with Crippen LogP contribution in [-0.2, 0) is 6.54 Å². The smallest absolute Gasteiger partial charge is 0.270 e. The van der Waals surface area contributed by atoms with E-state index in [0.29, 0.717) is 24.3 Å². The van der Waals surface area contributed by atoms with E-state index in [2.05, 4.69) is 4.98 Å². The third kappa shape index (κ3) is 1.41. The van der Waals surface area contributed by atoms with Gasteiger partial charge >= 0.3 is 0 Å². The highest BCUT2D eigenvalue weighted by Crippen LogP contribution is 2.23. The van der Waals surface area contributed by atoms with Crippen molar-refractivity contribution < 1.29 is 4.92 Å². The van der Waals surface area contributed by atoms with Gasteiger partial charge in [0.05, 0.1) is 21.9 Å². The summed E-state index contributed by atoms with van der Waals surface area (Å²) in [5.41, 5.74) is 5.94. The normalized spacial score (nSPS) is 17.9. The highest BCUT2D eigenvalue weighted by atomic mass is 16.6. The van der Waals surface area contributed by atoms with E-state index in [4.69, 9.17) is 5.73 Å². The highest BCUT2D eigenvalue weighted by molar-refractivity contribution is 5.80. The van der Waals surface area contributed by atoms with Gasteiger partial charge in [0.25, 0.3) is 11.2 Å². The molecule has 0 fully saturated rings.